The number of likely N-dealkylation sites (N-methyl/N-ethyl adjacent to an activating group) is 1. The van der Waals surface area contributed by atoms with Gasteiger partial charge in [0.25, 0.3) is 11.4 Å². The van der Waals surface area contributed by atoms with Crippen molar-refractivity contribution in [1.82, 2.24) is 0 Å². The minimum atomic E-state index is -0.631. The smallest absolute Gasteiger partial charge is 0.310 e. The van der Waals surface area contributed by atoms with E-state index in [0.29, 0.717) is 12.2 Å². The molecule has 2 heterocycles. The lowest BCUT2D eigenvalue weighted by molar-refractivity contribution is -0.455. The maximum atomic E-state index is 12.3. The zero-order chi connectivity index (χ0) is 37.2. The van der Waals surface area contributed by atoms with Gasteiger partial charge in [0.1, 0.15) is 0 Å². The number of nitro groups is 2. The molecule has 12 nitrogen and oxygen atoms in total. The maximum absolute atomic E-state index is 12.3. The summed E-state index contributed by atoms with van der Waals surface area (Å²) in [5, 5.41) is 23.4. The Balaban J connectivity index is 1.57. The number of allylic oxidation sites excluding steroid dienone is 4. The lowest BCUT2D eigenvalue weighted by Gasteiger charge is -2.24. The van der Waals surface area contributed by atoms with Crippen molar-refractivity contribution in [1.29, 1.82) is 0 Å². The molecule has 2 aliphatic rings. The summed E-state index contributed by atoms with van der Waals surface area (Å²) in [6.45, 7) is 12.7. The van der Waals surface area contributed by atoms with Crippen LogP contribution < -0.4 is 4.90 Å². The van der Waals surface area contributed by atoms with E-state index in [2.05, 4.69) is 44.7 Å². The molecule has 12 heteroatoms. The van der Waals surface area contributed by atoms with Crippen molar-refractivity contribution in [2.75, 3.05) is 25.2 Å². The molecule has 5 rings (SSSR count). The third-order valence-corrected chi connectivity index (χ3v) is 9.59. The van der Waals surface area contributed by atoms with E-state index in [4.69, 9.17) is 9.47 Å². The molecule has 0 fully saturated rings. The van der Waals surface area contributed by atoms with Crippen LogP contribution in [0.15, 0.2) is 78.5 Å². The number of anilines is 1. The first-order valence-corrected chi connectivity index (χ1v) is 16.9. The van der Waals surface area contributed by atoms with Crippen molar-refractivity contribution in [2.45, 2.75) is 71.8 Å². The Morgan fingerprint density at radius 1 is 0.784 bits per heavy atom. The molecule has 0 unspecified atom stereocenters. The summed E-state index contributed by atoms with van der Waals surface area (Å²) >= 11 is 0. The number of carbonyl (C=O) groups is 2. The number of fused-ring (bicyclic) bond motifs is 2. The molecular formula is C39H43N4O8+. The monoisotopic (exact) mass is 695 g/mol. The molecule has 51 heavy (non-hydrogen) atoms. The van der Waals surface area contributed by atoms with Gasteiger partial charge in [0, 0.05) is 59.2 Å². The van der Waals surface area contributed by atoms with Gasteiger partial charge in [-0.1, -0.05) is 38.1 Å². The Kier molecular flexibility index (Phi) is 10.3. The molecule has 0 bridgehead atoms. The first-order chi connectivity index (χ1) is 24.1. The van der Waals surface area contributed by atoms with Crippen LogP contribution in [-0.2, 0) is 49.3 Å². The molecule has 0 saturated carbocycles. The van der Waals surface area contributed by atoms with Crippen molar-refractivity contribution in [3.8, 4) is 0 Å². The minimum Gasteiger partial charge on any atom is -0.466 e. The van der Waals surface area contributed by atoms with Crippen molar-refractivity contribution >= 4 is 40.4 Å². The van der Waals surface area contributed by atoms with E-state index in [0.717, 1.165) is 51.1 Å². The first-order valence-electron chi connectivity index (χ1n) is 16.9. The molecule has 3 aromatic rings. The van der Waals surface area contributed by atoms with Crippen LogP contribution in [0.4, 0.5) is 22.7 Å². The zero-order valence-electron chi connectivity index (χ0n) is 30.0. The number of non-ortho nitro benzene ring substituents is 2. The van der Waals surface area contributed by atoms with Gasteiger partial charge in [0.05, 0.1) is 47.4 Å². The fraction of sp³-hybridized carbons (Fsp3) is 0.359. The van der Waals surface area contributed by atoms with Crippen LogP contribution in [0.2, 0.25) is 0 Å². The van der Waals surface area contributed by atoms with Gasteiger partial charge in [0.15, 0.2) is 12.3 Å². The zero-order valence-corrected chi connectivity index (χ0v) is 30.0. The predicted octanol–water partition coefficient (Wildman–Crippen LogP) is 7.16. The summed E-state index contributed by atoms with van der Waals surface area (Å²) in [6.07, 6.45) is 6.33. The Hall–Kier alpha value is -5.65. The summed E-state index contributed by atoms with van der Waals surface area (Å²) in [7, 11) is 2.01. The number of hydrogen-bond donors (Lipinski definition) is 0. The largest absolute Gasteiger partial charge is 0.466 e. The Bertz CT molecular complexity index is 1990. The summed E-state index contributed by atoms with van der Waals surface area (Å²) in [4.78, 5) is 48.8. The predicted molar refractivity (Wildman–Crippen MR) is 194 cm³/mol. The maximum Gasteiger partial charge on any atom is 0.310 e. The van der Waals surface area contributed by atoms with Crippen LogP contribution in [0.1, 0.15) is 69.4 Å². The van der Waals surface area contributed by atoms with Crippen LogP contribution in [0.5, 0.6) is 0 Å². The van der Waals surface area contributed by atoms with Gasteiger partial charge >= 0.3 is 11.9 Å². The molecule has 2 aliphatic heterocycles. The van der Waals surface area contributed by atoms with Gasteiger partial charge in [-0.05, 0) is 62.6 Å². The summed E-state index contributed by atoms with van der Waals surface area (Å²) in [5.74, 6) is -0.600. The van der Waals surface area contributed by atoms with Crippen molar-refractivity contribution in [3.05, 3.63) is 127 Å². The number of nitrogens with zero attached hydrogens (tertiary/aromatic N) is 4. The molecule has 0 N–H and O–H groups in total. The van der Waals surface area contributed by atoms with E-state index in [1.807, 2.05) is 54.1 Å². The van der Waals surface area contributed by atoms with Crippen LogP contribution in [0, 0.1) is 20.2 Å². The summed E-state index contributed by atoms with van der Waals surface area (Å²) < 4.78 is 12.3. The number of ether oxygens (including phenoxy) is 2. The van der Waals surface area contributed by atoms with Gasteiger partial charge in [-0.2, -0.15) is 4.58 Å². The van der Waals surface area contributed by atoms with Crippen molar-refractivity contribution < 1.29 is 33.5 Å². The fourth-order valence-corrected chi connectivity index (χ4v) is 7.13. The van der Waals surface area contributed by atoms with E-state index in [-0.39, 0.29) is 54.7 Å². The van der Waals surface area contributed by atoms with Gasteiger partial charge in [-0.15, -0.1) is 0 Å². The van der Waals surface area contributed by atoms with Crippen LogP contribution >= 0.6 is 0 Å². The SMILES string of the molecule is CCOC(=O)Cc1ccc2c(c1)C(C)(C)C(/C=C/C=C1/N(C)c3ccc(CC(=O)OCC)cc3C1(C)C)=[N+]2Cc1cc([N+](=O)[O-])cc([N+](=O)[O-])c1. The fourth-order valence-electron chi connectivity index (χ4n) is 7.13. The molecule has 0 radical (unpaired) electrons. The lowest BCUT2D eigenvalue weighted by atomic mass is 9.80. The Labute approximate surface area is 297 Å². The lowest BCUT2D eigenvalue weighted by Crippen LogP contribution is -2.27. The highest BCUT2D eigenvalue weighted by Crippen LogP contribution is 2.47. The molecule has 0 aromatic heterocycles. The van der Waals surface area contributed by atoms with E-state index < -0.39 is 15.3 Å². The minimum absolute atomic E-state index is 0.106. The topological polar surface area (TPSA) is 145 Å². The van der Waals surface area contributed by atoms with E-state index in [1.54, 1.807) is 13.8 Å². The van der Waals surface area contributed by atoms with Gasteiger partial charge < -0.3 is 14.4 Å². The first kappa shape index (κ1) is 36.6. The summed E-state index contributed by atoms with van der Waals surface area (Å²) in [6, 6.07) is 15.5. The Morgan fingerprint density at radius 2 is 1.33 bits per heavy atom. The second kappa shape index (κ2) is 14.3. The number of benzene rings is 3. The Morgan fingerprint density at radius 3 is 1.88 bits per heavy atom. The molecule has 0 amide bonds. The number of esters is 2. The second-order valence-electron chi connectivity index (χ2n) is 13.7. The van der Waals surface area contributed by atoms with Gasteiger partial charge in [-0.25, -0.2) is 0 Å². The number of rotatable bonds is 12. The number of carbonyl (C=O) groups excluding carboxylic acids is 2. The third-order valence-electron chi connectivity index (χ3n) is 9.59. The number of hydrogen-bond acceptors (Lipinski definition) is 9. The highest BCUT2D eigenvalue weighted by molar-refractivity contribution is 6.03. The molecule has 0 saturated heterocycles. The van der Waals surface area contributed by atoms with E-state index in [9.17, 15) is 29.8 Å². The highest BCUT2D eigenvalue weighted by Gasteiger charge is 2.45. The van der Waals surface area contributed by atoms with Gasteiger partial charge in [-0.3, -0.25) is 29.8 Å². The standard InChI is InChI=1S/C39H43N4O8/c1-8-50-36(44)21-25-13-15-32-30(19-25)38(3,4)34(40(32)7)11-10-12-35-39(5,6)31-20-26(22-37(45)51-9-2)14-16-33(31)41(35)24-27-17-28(42(46)47)23-29(18-27)43(48)49/h10-20,23H,8-9,21-22,24H2,1-7H3/q+1. The molecule has 0 spiro atoms. The van der Waals surface area contributed by atoms with Crippen molar-refractivity contribution in [3.63, 3.8) is 0 Å². The van der Waals surface area contributed by atoms with E-state index in [1.165, 1.54) is 12.1 Å². The average molecular weight is 696 g/mol. The highest BCUT2D eigenvalue weighted by atomic mass is 16.6. The third kappa shape index (κ3) is 7.30. The molecular weight excluding hydrogens is 652 g/mol. The summed E-state index contributed by atoms with van der Waals surface area (Å²) in [5.41, 5.74) is 6.19. The van der Waals surface area contributed by atoms with Gasteiger partial charge in [0.2, 0.25) is 5.69 Å². The van der Waals surface area contributed by atoms with Crippen LogP contribution in [0.25, 0.3) is 0 Å². The van der Waals surface area contributed by atoms with Crippen molar-refractivity contribution in [2.24, 2.45) is 0 Å². The quantitative estimate of drug-likeness (QED) is 0.0834. The second-order valence-corrected chi connectivity index (χ2v) is 13.7. The molecule has 0 atom stereocenters. The number of nitro benzene ring substituents is 2. The normalized spacial score (nSPS) is 16.4. The van der Waals surface area contributed by atoms with Crippen LogP contribution in [0.3, 0.4) is 0 Å². The molecule has 266 valence electrons. The molecule has 3 aromatic carbocycles. The van der Waals surface area contributed by atoms with Crippen LogP contribution in [-0.4, -0.2) is 52.3 Å². The molecule has 0 aliphatic carbocycles. The van der Waals surface area contributed by atoms with E-state index >= 15 is 0 Å². The average Bonchev–Trinajstić information content (AvgIpc) is 3.38.